The van der Waals surface area contributed by atoms with Gasteiger partial charge in [0.25, 0.3) is 0 Å². The predicted octanol–water partition coefficient (Wildman–Crippen LogP) is 2.55. The van der Waals surface area contributed by atoms with Crippen molar-refractivity contribution in [2.75, 3.05) is 19.8 Å². The van der Waals surface area contributed by atoms with Crippen molar-refractivity contribution in [1.29, 1.82) is 0 Å². The summed E-state index contributed by atoms with van der Waals surface area (Å²) in [6.45, 7) is 11.6. The van der Waals surface area contributed by atoms with E-state index < -0.39 is 20.6 Å². The molecule has 0 aliphatic carbocycles. The summed E-state index contributed by atoms with van der Waals surface area (Å²) in [4.78, 5) is 0. The van der Waals surface area contributed by atoms with Crippen LogP contribution in [0.3, 0.4) is 0 Å². The van der Waals surface area contributed by atoms with Gasteiger partial charge in [0.15, 0.2) is 0 Å². The number of hydrogen-bond donors (Lipinski definition) is 0. The first kappa shape index (κ1) is 19.5. The molecular formula is C13H30O3Sn2. The van der Waals surface area contributed by atoms with Gasteiger partial charge in [-0.2, -0.15) is 0 Å². The van der Waals surface area contributed by atoms with Gasteiger partial charge in [-0.1, -0.05) is 0 Å². The van der Waals surface area contributed by atoms with Crippen LogP contribution in [-0.2, 0) is 9.22 Å². The maximum absolute atomic E-state index is 6.01. The second-order valence-electron chi connectivity index (χ2n) is 5.45. The first-order valence-corrected chi connectivity index (χ1v) is 13.0. The molecule has 0 aliphatic heterocycles. The molecule has 0 atom stereocenters. The molecule has 0 amide bonds. The summed E-state index contributed by atoms with van der Waals surface area (Å²) in [7, 11) is 0. The first-order chi connectivity index (χ1) is 8.56. The molecule has 3 nitrogen and oxygen atoms in total. The predicted molar refractivity (Wildman–Crippen MR) is 80.5 cm³/mol. The zero-order valence-electron chi connectivity index (χ0n) is 12.5. The van der Waals surface area contributed by atoms with Crippen LogP contribution in [0.15, 0.2) is 0 Å². The molecule has 0 saturated heterocycles. The molecule has 2 radical (unpaired) electrons. The Morgan fingerprint density at radius 3 is 1.78 bits per heavy atom. The minimum atomic E-state index is -2.03. The van der Waals surface area contributed by atoms with Crippen LogP contribution in [-0.4, -0.2) is 63.3 Å². The fraction of sp³-hybridized carbons (Fsp3) is 1.00. The van der Waals surface area contributed by atoms with Crippen LogP contribution in [0.2, 0.25) is 4.44 Å². The minimum absolute atomic E-state index is 0.636. The van der Waals surface area contributed by atoms with Crippen molar-refractivity contribution in [2.45, 2.75) is 51.4 Å². The standard InChI is InChI=1S/2C5H11O.C3H6O.2Sn.2H/c2*1-5(2)3-4-6;1-2-3-4;;;;/h2*5H,3-4H2,1-2H3;1-3H2;;;;/q3*-1;+1;+2;;. The zero-order valence-corrected chi connectivity index (χ0v) is 19.4. The van der Waals surface area contributed by atoms with Gasteiger partial charge in [0, 0.05) is 0 Å². The van der Waals surface area contributed by atoms with Crippen molar-refractivity contribution in [2.24, 2.45) is 11.8 Å². The number of rotatable bonds is 12. The van der Waals surface area contributed by atoms with Crippen molar-refractivity contribution in [3.63, 3.8) is 0 Å². The van der Waals surface area contributed by atoms with E-state index in [-0.39, 0.29) is 0 Å². The van der Waals surface area contributed by atoms with Gasteiger partial charge in [0.1, 0.15) is 0 Å². The normalized spacial score (nSPS) is 12.0. The Balaban J connectivity index is 3.76. The summed E-state index contributed by atoms with van der Waals surface area (Å²) in [5.41, 5.74) is 0. The molecule has 5 heteroatoms. The van der Waals surface area contributed by atoms with E-state index in [1.165, 1.54) is 0 Å². The Morgan fingerprint density at radius 1 is 0.889 bits per heavy atom. The summed E-state index contributed by atoms with van der Waals surface area (Å²) in [6, 6.07) is 0. The molecule has 0 heterocycles. The summed E-state index contributed by atoms with van der Waals surface area (Å²) < 4.78 is 18.4. The monoisotopic (exact) mass is 474 g/mol. The van der Waals surface area contributed by atoms with Gasteiger partial charge >= 0.3 is 136 Å². The molecule has 0 saturated carbocycles. The molecule has 0 fully saturated rings. The molecule has 18 heavy (non-hydrogen) atoms. The Morgan fingerprint density at radius 2 is 1.39 bits per heavy atom. The molecule has 108 valence electrons. The Bertz CT molecular complexity index is 164. The van der Waals surface area contributed by atoms with E-state index in [2.05, 4.69) is 27.7 Å². The van der Waals surface area contributed by atoms with E-state index in [9.17, 15) is 0 Å². The molecule has 0 unspecified atom stereocenters. The third-order valence-corrected chi connectivity index (χ3v) is 8.59. The Labute approximate surface area is 135 Å². The van der Waals surface area contributed by atoms with Gasteiger partial charge < -0.3 is 0 Å². The van der Waals surface area contributed by atoms with Crippen molar-refractivity contribution in [3.8, 4) is 0 Å². The molecule has 0 aromatic heterocycles. The van der Waals surface area contributed by atoms with Crippen molar-refractivity contribution in [1.82, 2.24) is 0 Å². The zero-order chi connectivity index (χ0) is 13.8. The van der Waals surface area contributed by atoms with Crippen molar-refractivity contribution >= 4 is 43.5 Å². The second kappa shape index (κ2) is 13.5. The first-order valence-electron chi connectivity index (χ1n) is 7.04. The van der Waals surface area contributed by atoms with Gasteiger partial charge in [-0.25, -0.2) is 0 Å². The summed E-state index contributed by atoms with van der Waals surface area (Å²) in [6.07, 6.45) is 3.42. The van der Waals surface area contributed by atoms with Crippen molar-refractivity contribution < 1.29 is 9.22 Å². The van der Waals surface area contributed by atoms with Crippen LogP contribution in [0.25, 0.3) is 0 Å². The molecule has 0 aromatic carbocycles. The molecule has 0 aliphatic rings. The average Bonchev–Trinajstić information content (AvgIpc) is 2.27. The van der Waals surface area contributed by atoms with Crippen LogP contribution in [0.4, 0.5) is 0 Å². The van der Waals surface area contributed by atoms with E-state index >= 15 is 0 Å². The second-order valence-corrected chi connectivity index (χ2v) is 11.8. The molecular weight excluding hydrogens is 442 g/mol. The van der Waals surface area contributed by atoms with Gasteiger partial charge in [-0.05, 0) is 0 Å². The molecule has 0 spiro atoms. The third-order valence-electron chi connectivity index (χ3n) is 2.59. The van der Waals surface area contributed by atoms with Crippen LogP contribution in [0.5, 0.6) is 0 Å². The molecule has 0 rings (SSSR count). The Kier molecular flexibility index (Phi) is 14.6. The molecule has 0 bridgehead atoms. The van der Waals surface area contributed by atoms with E-state index in [0.717, 1.165) is 55.4 Å². The van der Waals surface area contributed by atoms with Crippen LogP contribution in [0.1, 0.15) is 47.0 Å². The fourth-order valence-electron chi connectivity index (χ4n) is 1.32. The maximum atomic E-state index is 6.01. The number of hydrogen-bond acceptors (Lipinski definition) is 3. The van der Waals surface area contributed by atoms with Crippen LogP contribution < -0.4 is 0 Å². The Hall–Kier alpha value is 1.48. The van der Waals surface area contributed by atoms with Gasteiger partial charge in [-0.15, -0.1) is 0 Å². The van der Waals surface area contributed by atoms with E-state index in [1.807, 2.05) is 0 Å². The molecule has 0 aromatic rings. The summed E-state index contributed by atoms with van der Waals surface area (Å²) in [5.74, 6) is 1.44. The van der Waals surface area contributed by atoms with Gasteiger partial charge in [0.05, 0.1) is 0 Å². The van der Waals surface area contributed by atoms with Crippen LogP contribution >= 0.6 is 0 Å². The topological polar surface area (TPSA) is 27.7 Å². The van der Waals surface area contributed by atoms with E-state index in [4.69, 9.17) is 9.22 Å². The van der Waals surface area contributed by atoms with Crippen molar-refractivity contribution in [3.05, 3.63) is 0 Å². The molecule has 0 N–H and O–H groups in total. The SMILES string of the molecule is CC(C)CC[O][Sn]([CH2]CC[O][SnH2])[O]CCC(C)C. The quantitative estimate of drug-likeness (QED) is 0.323. The van der Waals surface area contributed by atoms with E-state index in [0.29, 0.717) is 22.9 Å². The summed E-state index contributed by atoms with van der Waals surface area (Å²) >= 11 is -1.39. The van der Waals surface area contributed by atoms with Gasteiger partial charge in [0.2, 0.25) is 0 Å². The van der Waals surface area contributed by atoms with E-state index in [1.54, 1.807) is 0 Å². The average molecular weight is 472 g/mol. The summed E-state index contributed by atoms with van der Waals surface area (Å²) in [5, 5.41) is 0. The fourth-order valence-corrected chi connectivity index (χ4v) is 6.17. The van der Waals surface area contributed by atoms with Crippen LogP contribution in [0, 0.1) is 11.8 Å². The third kappa shape index (κ3) is 13.9. The van der Waals surface area contributed by atoms with Gasteiger partial charge in [-0.3, -0.25) is 0 Å².